The van der Waals surface area contributed by atoms with E-state index in [9.17, 15) is 0 Å². The molecule has 0 saturated heterocycles. The smallest absolute Gasteiger partial charge is 0.223 e. The topological polar surface area (TPSA) is 60.2 Å². The summed E-state index contributed by atoms with van der Waals surface area (Å²) < 4.78 is 10.3. The molecule has 0 radical (unpaired) electrons. The molecule has 0 fully saturated rings. The Morgan fingerprint density at radius 2 is 2.16 bits per heavy atom. The normalized spacial score (nSPS) is 12.4. The molecule has 0 aliphatic heterocycles. The molecule has 1 atom stereocenters. The fourth-order valence-electron chi connectivity index (χ4n) is 2.06. The van der Waals surface area contributed by atoms with Gasteiger partial charge in [-0.3, -0.25) is 0 Å². The van der Waals surface area contributed by atoms with E-state index in [0.717, 1.165) is 17.7 Å². The first kappa shape index (κ1) is 13.5. The van der Waals surface area contributed by atoms with E-state index in [1.54, 1.807) is 14.0 Å². The minimum absolute atomic E-state index is 0.204. The van der Waals surface area contributed by atoms with Gasteiger partial charge in [0.1, 0.15) is 5.75 Å². The summed E-state index contributed by atoms with van der Waals surface area (Å²) in [5.74, 6) is 2.15. The Morgan fingerprint density at radius 3 is 2.79 bits per heavy atom. The van der Waals surface area contributed by atoms with Crippen LogP contribution in [0.1, 0.15) is 36.7 Å². The number of hydrogen-bond acceptors (Lipinski definition) is 5. The van der Waals surface area contributed by atoms with Gasteiger partial charge in [0.05, 0.1) is 13.7 Å². The average molecular weight is 261 g/mol. The van der Waals surface area contributed by atoms with Crippen LogP contribution >= 0.6 is 0 Å². The summed E-state index contributed by atoms with van der Waals surface area (Å²) >= 11 is 0. The fourth-order valence-corrected chi connectivity index (χ4v) is 2.06. The van der Waals surface area contributed by atoms with Crippen molar-refractivity contribution in [3.8, 4) is 5.75 Å². The van der Waals surface area contributed by atoms with Crippen LogP contribution in [0.3, 0.4) is 0 Å². The van der Waals surface area contributed by atoms with Gasteiger partial charge in [0.15, 0.2) is 5.82 Å². The van der Waals surface area contributed by atoms with Gasteiger partial charge in [-0.1, -0.05) is 30.3 Å². The first-order chi connectivity index (χ1) is 9.24. The van der Waals surface area contributed by atoms with Crippen molar-refractivity contribution >= 4 is 0 Å². The molecular weight excluding hydrogens is 242 g/mol. The molecule has 0 aliphatic carbocycles. The summed E-state index contributed by atoms with van der Waals surface area (Å²) in [6.45, 7) is 4.49. The van der Waals surface area contributed by atoms with E-state index in [1.807, 2.05) is 18.2 Å². The van der Waals surface area contributed by atoms with Crippen molar-refractivity contribution < 1.29 is 9.26 Å². The number of hydrogen-bond donors (Lipinski definition) is 1. The van der Waals surface area contributed by atoms with Crippen LogP contribution in [0.5, 0.6) is 5.75 Å². The molecule has 2 rings (SSSR count). The quantitative estimate of drug-likeness (QED) is 0.866. The van der Waals surface area contributed by atoms with Gasteiger partial charge in [0, 0.05) is 18.5 Å². The highest BCUT2D eigenvalue weighted by Crippen LogP contribution is 2.26. The molecule has 1 heterocycles. The van der Waals surface area contributed by atoms with Crippen LogP contribution in [0.25, 0.3) is 0 Å². The summed E-state index contributed by atoms with van der Waals surface area (Å²) in [5, 5.41) is 7.30. The van der Waals surface area contributed by atoms with Gasteiger partial charge < -0.3 is 14.6 Å². The zero-order valence-corrected chi connectivity index (χ0v) is 11.5. The second kappa shape index (κ2) is 6.33. The Hall–Kier alpha value is -1.88. The number of methoxy groups -OCH3 is 1. The first-order valence-corrected chi connectivity index (χ1v) is 6.40. The number of benzene rings is 1. The third kappa shape index (κ3) is 3.32. The molecule has 1 aromatic heterocycles. The zero-order valence-electron chi connectivity index (χ0n) is 11.5. The number of nitrogens with zero attached hydrogens (tertiary/aromatic N) is 2. The van der Waals surface area contributed by atoms with Gasteiger partial charge in [-0.25, -0.2) is 0 Å². The molecule has 5 heteroatoms. The molecule has 1 N–H and O–H groups in total. The summed E-state index contributed by atoms with van der Waals surface area (Å²) in [7, 11) is 1.69. The van der Waals surface area contributed by atoms with Crippen LogP contribution in [-0.2, 0) is 6.54 Å². The molecule has 1 unspecified atom stereocenters. The molecule has 1 aromatic carbocycles. The number of aryl methyl sites for hydroxylation is 1. The molecule has 0 aliphatic rings. The van der Waals surface area contributed by atoms with Crippen LogP contribution in [-0.4, -0.2) is 17.3 Å². The van der Waals surface area contributed by atoms with Gasteiger partial charge in [0.25, 0.3) is 0 Å². The Balaban J connectivity index is 2.07. The minimum atomic E-state index is 0.204. The molecule has 0 bridgehead atoms. The van der Waals surface area contributed by atoms with Crippen LogP contribution in [0.4, 0.5) is 0 Å². The molecule has 0 spiro atoms. The number of aromatic nitrogens is 2. The van der Waals surface area contributed by atoms with Crippen molar-refractivity contribution in [2.45, 2.75) is 32.9 Å². The summed E-state index contributed by atoms with van der Waals surface area (Å²) in [4.78, 5) is 4.18. The van der Waals surface area contributed by atoms with Gasteiger partial charge in [-0.2, -0.15) is 4.98 Å². The Bertz CT molecular complexity index is 525. The molecule has 5 nitrogen and oxygen atoms in total. The second-order valence-electron chi connectivity index (χ2n) is 4.31. The maximum Gasteiger partial charge on any atom is 0.223 e. The van der Waals surface area contributed by atoms with Crippen LogP contribution in [0, 0.1) is 6.92 Å². The van der Waals surface area contributed by atoms with Crippen LogP contribution in [0.2, 0.25) is 0 Å². The number of rotatable bonds is 6. The number of nitrogens with one attached hydrogen (secondary N) is 1. The third-order valence-electron chi connectivity index (χ3n) is 3.00. The zero-order chi connectivity index (χ0) is 13.7. The summed E-state index contributed by atoms with van der Waals surface area (Å²) in [6, 6.07) is 8.23. The number of ether oxygens (including phenoxy) is 1. The predicted octanol–water partition coefficient (Wildman–Crippen LogP) is 2.63. The van der Waals surface area contributed by atoms with E-state index in [-0.39, 0.29) is 6.04 Å². The van der Waals surface area contributed by atoms with Crippen LogP contribution < -0.4 is 10.1 Å². The average Bonchev–Trinajstić information content (AvgIpc) is 2.86. The van der Waals surface area contributed by atoms with Gasteiger partial charge >= 0.3 is 0 Å². The van der Waals surface area contributed by atoms with E-state index in [4.69, 9.17) is 9.26 Å². The van der Waals surface area contributed by atoms with Gasteiger partial charge in [0.2, 0.25) is 5.89 Å². The van der Waals surface area contributed by atoms with Crippen molar-refractivity contribution in [3.05, 3.63) is 41.5 Å². The highest BCUT2D eigenvalue weighted by molar-refractivity contribution is 5.35. The van der Waals surface area contributed by atoms with Crippen LogP contribution in [0.15, 0.2) is 28.8 Å². The largest absolute Gasteiger partial charge is 0.496 e. The molecule has 0 saturated carbocycles. The highest BCUT2D eigenvalue weighted by atomic mass is 16.5. The lowest BCUT2D eigenvalue weighted by molar-refractivity contribution is 0.379. The van der Waals surface area contributed by atoms with Crippen molar-refractivity contribution in [1.82, 2.24) is 15.5 Å². The van der Waals surface area contributed by atoms with Crippen molar-refractivity contribution in [2.75, 3.05) is 7.11 Å². The maximum atomic E-state index is 5.39. The number of para-hydroxylation sites is 1. The predicted molar refractivity (Wildman–Crippen MR) is 71.9 cm³/mol. The molecule has 19 heavy (non-hydrogen) atoms. The lowest BCUT2D eigenvalue weighted by atomic mass is 10.0. The van der Waals surface area contributed by atoms with E-state index in [1.165, 1.54) is 0 Å². The Kier molecular flexibility index (Phi) is 4.52. The Labute approximate surface area is 113 Å². The highest BCUT2D eigenvalue weighted by Gasteiger charge is 2.14. The van der Waals surface area contributed by atoms with E-state index < -0.39 is 0 Å². The lowest BCUT2D eigenvalue weighted by Crippen LogP contribution is -2.21. The van der Waals surface area contributed by atoms with Gasteiger partial charge in [-0.05, 0) is 12.5 Å². The van der Waals surface area contributed by atoms with E-state index in [0.29, 0.717) is 18.3 Å². The van der Waals surface area contributed by atoms with Crippen molar-refractivity contribution in [3.63, 3.8) is 0 Å². The molecule has 2 aromatic rings. The summed E-state index contributed by atoms with van der Waals surface area (Å²) in [5.41, 5.74) is 1.15. The van der Waals surface area contributed by atoms with Crippen molar-refractivity contribution in [2.24, 2.45) is 0 Å². The fraction of sp³-hybridized carbons (Fsp3) is 0.429. The molecule has 102 valence electrons. The van der Waals surface area contributed by atoms with E-state index in [2.05, 4.69) is 28.4 Å². The van der Waals surface area contributed by atoms with E-state index >= 15 is 0 Å². The first-order valence-electron chi connectivity index (χ1n) is 6.40. The standard InChI is InChI=1S/C14H19N3O2/c1-4-12(11-7-5-6-8-13(11)18-3)15-9-14-16-10(2)19-17-14/h5-8,12,15H,4,9H2,1-3H3. The Morgan fingerprint density at radius 1 is 1.37 bits per heavy atom. The lowest BCUT2D eigenvalue weighted by Gasteiger charge is -2.19. The van der Waals surface area contributed by atoms with Crippen molar-refractivity contribution in [1.29, 1.82) is 0 Å². The SMILES string of the molecule is CCC(NCc1noc(C)n1)c1ccccc1OC. The minimum Gasteiger partial charge on any atom is -0.496 e. The maximum absolute atomic E-state index is 5.39. The molecular formula is C14H19N3O2. The third-order valence-corrected chi connectivity index (χ3v) is 3.00. The molecule has 0 amide bonds. The summed E-state index contributed by atoms with van der Waals surface area (Å²) in [6.07, 6.45) is 0.956. The monoisotopic (exact) mass is 261 g/mol. The second-order valence-corrected chi connectivity index (χ2v) is 4.31. The van der Waals surface area contributed by atoms with Gasteiger partial charge in [-0.15, -0.1) is 0 Å².